The number of carbonyl (C=O) groups is 1. The third kappa shape index (κ3) is 3.50. The summed E-state index contributed by atoms with van der Waals surface area (Å²) in [6.07, 6.45) is 2.04. The molecule has 1 fully saturated rings. The Morgan fingerprint density at radius 3 is 2.64 bits per heavy atom. The monoisotopic (exact) mass is 426 g/mol. The number of fused-ring (bicyclic) bond motifs is 1. The zero-order valence-corrected chi connectivity index (χ0v) is 18.6. The number of nitrogens with zero attached hydrogens (tertiary/aromatic N) is 2. The second kappa shape index (κ2) is 7.21. The molecule has 0 spiro atoms. The topological polar surface area (TPSA) is 58.0 Å². The summed E-state index contributed by atoms with van der Waals surface area (Å²) in [6.45, 7) is 0. The summed E-state index contributed by atoms with van der Waals surface area (Å²) in [4.78, 5) is 15.9. The van der Waals surface area contributed by atoms with Crippen molar-refractivity contribution < 1.29 is 65.7 Å². The summed E-state index contributed by atoms with van der Waals surface area (Å²) in [6, 6.07) is 8.00. The average Bonchev–Trinajstić information content (AvgIpc) is 3.32. The summed E-state index contributed by atoms with van der Waals surface area (Å²) in [5.41, 5.74) is 2.84. The van der Waals surface area contributed by atoms with Crippen LogP contribution in [0.15, 0.2) is 34.8 Å². The fourth-order valence-corrected chi connectivity index (χ4v) is 3.38. The van der Waals surface area contributed by atoms with Gasteiger partial charge in [0.25, 0.3) is 0 Å². The van der Waals surface area contributed by atoms with Crippen molar-refractivity contribution in [3.8, 4) is 11.4 Å². The van der Waals surface area contributed by atoms with Gasteiger partial charge in [-0.25, -0.2) is 9.37 Å². The molecule has 1 aliphatic carbocycles. The van der Waals surface area contributed by atoms with E-state index in [4.69, 9.17) is 0 Å². The molecule has 0 atom stereocenters. The fourth-order valence-electron chi connectivity index (χ4n) is 3.05. The zero-order valence-electron chi connectivity index (χ0n) is 13.8. The van der Waals surface area contributed by atoms with Crippen LogP contribution in [0.25, 0.3) is 22.4 Å². The Hall–Kier alpha value is -0.574. The van der Waals surface area contributed by atoms with Crippen molar-refractivity contribution in [2.24, 2.45) is 7.05 Å². The van der Waals surface area contributed by atoms with Gasteiger partial charge in [-0.2, -0.15) is 0 Å². The van der Waals surface area contributed by atoms with E-state index in [1.807, 2.05) is 0 Å². The number of carboxylic acid groups (broad SMARTS) is 1. The van der Waals surface area contributed by atoms with Gasteiger partial charge in [0.15, 0.2) is 0 Å². The van der Waals surface area contributed by atoms with E-state index in [-0.39, 0.29) is 62.8 Å². The number of hydrogen-bond donors (Lipinski definition) is 0. The Morgan fingerprint density at radius 2 is 2.04 bits per heavy atom. The summed E-state index contributed by atoms with van der Waals surface area (Å²) < 4.78 is 16.7. The van der Waals surface area contributed by atoms with Crippen LogP contribution in [0.4, 0.5) is 4.39 Å². The first kappa shape index (κ1) is 19.2. The SMILES string of the molecule is Cn1c(-c2ccc(Br)cc2F)nc2c(C3CC3)cc(C(=O)[O-])cc21.[K+]. The minimum absolute atomic E-state index is 0. The van der Waals surface area contributed by atoms with Crippen LogP contribution < -0.4 is 56.5 Å². The van der Waals surface area contributed by atoms with E-state index < -0.39 is 5.97 Å². The Kier molecular flexibility index (Phi) is 5.54. The first-order valence-electron chi connectivity index (χ1n) is 7.63. The number of carbonyl (C=O) groups excluding carboxylic acids is 1. The molecule has 0 unspecified atom stereocenters. The van der Waals surface area contributed by atoms with E-state index in [0.29, 0.717) is 27.3 Å². The maximum atomic E-state index is 14.3. The molecule has 3 aromatic rings. The molecule has 0 amide bonds. The van der Waals surface area contributed by atoms with Crippen molar-refractivity contribution >= 4 is 32.9 Å². The zero-order chi connectivity index (χ0) is 17.0. The van der Waals surface area contributed by atoms with Crippen LogP contribution >= 0.6 is 15.9 Å². The molecular weight excluding hydrogens is 414 g/mol. The molecule has 0 saturated heterocycles. The van der Waals surface area contributed by atoms with Gasteiger partial charge in [0.2, 0.25) is 0 Å². The van der Waals surface area contributed by atoms with Gasteiger partial charge in [-0.3, -0.25) is 0 Å². The van der Waals surface area contributed by atoms with Crippen LogP contribution in [0.2, 0.25) is 0 Å². The standard InChI is InChI=1S/C18H14BrFN2O2.K/c1-22-15-7-10(18(23)24)6-13(9-2-3-9)16(15)21-17(22)12-5-4-11(19)8-14(12)20;/h4-9H,2-3H2,1H3,(H,23,24);/q;+1/p-1. The van der Waals surface area contributed by atoms with Crippen LogP contribution in [0, 0.1) is 5.82 Å². The normalized spacial score (nSPS) is 13.7. The van der Waals surface area contributed by atoms with Gasteiger partial charge in [-0.15, -0.1) is 0 Å². The average molecular weight is 427 g/mol. The number of aromatic nitrogens is 2. The Morgan fingerprint density at radius 1 is 1.32 bits per heavy atom. The Labute approximate surface area is 195 Å². The van der Waals surface area contributed by atoms with Crippen molar-refractivity contribution in [2.45, 2.75) is 18.8 Å². The number of halogens is 2. The maximum absolute atomic E-state index is 14.3. The molecule has 1 aliphatic rings. The van der Waals surface area contributed by atoms with Crippen LogP contribution in [-0.2, 0) is 7.05 Å². The van der Waals surface area contributed by atoms with Crippen LogP contribution in [-0.4, -0.2) is 15.5 Å². The number of imidazole rings is 1. The molecule has 7 heteroatoms. The van der Waals surface area contributed by atoms with E-state index in [0.717, 1.165) is 23.9 Å². The number of hydrogen-bond acceptors (Lipinski definition) is 3. The van der Waals surface area contributed by atoms with Gasteiger partial charge in [-0.05, 0) is 60.2 Å². The Balaban J connectivity index is 0.00000182. The van der Waals surface area contributed by atoms with Gasteiger partial charge >= 0.3 is 51.4 Å². The van der Waals surface area contributed by atoms with Crippen molar-refractivity contribution in [1.29, 1.82) is 0 Å². The third-order valence-corrected chi connectivity index (χ3v) is 4.93. The summed E-state index contributed by atoms with van der Waals surface area (Å²) in [7, 11) is 1.77. The summed E-state index contributed by atoms with van der Waals surface area (Å²) in [5, 5.41) is 11.3. The second-order valence-electron chi connectivity index (χ2n) is 6.11. The molecule has 1 heterocycles. The molecule has 0 aliphatic heterocycles. The van der Waals surface area contributed by atoms with Gasteiger partial charge in [0.05, 0.1) is 22.6 Å². The molecule has 1 aromatic heterocycles. The molecule has 4 nitrogen and oxygen atoms in total. The summed E-state index contributed by atoms with van der Waals surface area (Å²) in [5.74, 6) is -0.788. The van der Waals surface area contributed by atoms with Crippen molar-refractivity contribution in [2.75, 3.05) is 0 Å². The molecule has 1 saturated carbocycles. The first-order chi connectivity index (χ1) is 11.5. The predicted octanol–water partition coefficient (Wildman–Crippen LogP) is 0.387. The number of aryl methyl sites for hydroxylation is 1. The quantitative estimate of drug-likeness (QED) is 0.569. The molecular formula is C18H13BrFKN2O2. The number of carboxylic acids is 1. The van der Waals surface area contributed by atoms with Crippen molar-refractivity contribution in [3.05, 3.63) is 51.7 Å². The number of benzene rings is 2. The van der Waals surface area contributed by atoms with Crippen molar-refractivity contribution in [1.82, 2.24) is 9.55 Å². The fraction of sp³-hybridized carbons (Fsp3) is 0.222. The van der Waals surface area contributed by atoms with E-state index in [1.165, 1.54) is 6.07 Å². The molecule has 2 aromatic carbocycles. The number of aromatic carboxylic acids is 1. The molecule has 0 radical (unpaired) electrons. The summed E-state index contributed by atoms with van der Waals surface area (Å²) >= 11 is 3.25. The molecule has 122 valence electrons. The minimum Gasteiger partial charge on any atom is -0.545 e. The van der Waals surface area contributed by atoms with E-state index in [1.54, 1.807) is 35.9 Å². The van der Waals surface area contributed by atoms with Crippen molar-refractivity contribution in [3.63, 3.8) is 0 Å². The first-order valence-corrected chi connectivity index (χ1v) is 8.42. The predicted molar refractivity (Wildman–Crippen MR) is 90.1 cm³/mol. The van der Waals surface area contributed by atoms with Gasteiger partial charge in [0.1, 0.15) is 11.6 Å². The van der Waals surface area contributed by atoms with E-state index >= 15 is 0 Å². The smallest absolute Gasteiger partial charge is 0.545 e. The van der Waals surface area contributed by atoms with E-state index in [2.05, 4.69) is 20.9 Å². The molecule has 0 bridgehead atoms. The number of rotatable bonds is 3. The van der Waals surface area contributed by atoms with Gasteiger partial charge in [0, 0.05) is 11.5 Å². The molecule has 0 N–H and O–H groups in total. The van der Waals surface area contributed by atoms with E-state index in [9.17, 15) is 14.3 Å². The van der Waals surface area contributed by atoms with Gasteiger partial charge < -0.3 is 14.5 Å². The second-order valence-corrected chi connectivity index (χ2v) is 7.03. The Bertz CT molecular complexity index is 998. The molecule has 4 rings (SSSR count). The van der Waals surface area contributed by atoms with Crippen LogP contribution in [0.1, 0.15) is 34.7 Å². The van der Waals surface area contributed by atoms with Crippen LogP contribution in [0.5, 0.6) is 0 Å². The maximum Gasteiger partial charge on any atom is 1.00 e. The van der Waals surface area contributed by atoms with Gasteiger partial charge in [-0.1, -0.05) is 15.9 Å². The van der Waals surface area contributed by atoms with Crippen LogP contribution in [0.3, 0.4) is 0 Å². The largest absolute Gasteiger partial charge is 1.00 e. The molecule has 25 heavy (non-hydrogen) atoms. The minimum atomic E-state index is -1.21. The third-order valence-electron chi connectivity index (χ3n) is 4.44.